The fraction of sp³-hybridized carbons (Fsp3) is 0.211. The lowest BCUT2D eigenvalue weighted by Crippen LogP contribution is -2.28. The molecule has 3 rings (SSSR count). The minimum atomic E-state index is -3.68. The first-order valence-corrected chi connectivity index (χ1v) is 10.2. The van der Waals surface area contributed by atoms with Crippen molar-refractivity contribution in [2.75, 3.05) is 11.9 Å². The van der Waals surface area contributed by atoms with Crippen LogP contribution in [0, 0.1) is 6.92 Å². The van der Waals surface area contributed by atoms with Gasteiger partial charge in [-0.05, 0) is 42.8 Å². The number of carbonyl (C=O) groups is 1. The quantitative estimate of drug-likeness (QED) is 0.633. The minimum Gasteiger partial charge on any atom is -0.328 e. The molecule has 0 radical (unpaired) electrons. The normalized spacial score (nSPS) is 11.4. The lowest BCUT2D eigenvalue weighted by atomic mass is 10.2. The number of sulfonamides is 1. The summed E-state index contributed by atoms with van der Waals surface area (Å²) in [4.78, 5) is 19.9. The Bertz CT molecular complexity index is 1080. The number of aromatic nitrogens is 3. The lowest BCUT2D eigenvalue weighted by Gasteiger charge is -2.12. The molecule has 0 aliphatic carbocycles. The highest BCUT2D eigenvalue weighted by Gasteiger charge is 2.17. The summed E-state index contributed by atoms with van der Waals surface area (Å²) in [6.45, 7) is 3.70. The highest BCUT2D eigenvalue weighted by molar-refractivity contribution is 7.89. The topological polar surface area (TPSA) is 106 Å². The Balaban J connectivity index is 1.68. The number of anilines is 1. The van der Waals surface area contributed by atoms with E-state index in [1.54, 1.807) is 37.6 Å². The van der Waals surface area contributed by atoms with Crippen molar-refractivity contribution in [3.8, 4) is 11.5 Å². The highest BCUT2D eigenvalue weighted by atomic mass is 32.2. The summed E-state index contributed by atoms with van der Waals surface area (Å²) in [6.07, 6.45) is 5.12. The van der Waals surface area contributed by atoms with Crippen LogP contribution >= 0.6 is 0 Å². The standard InChI is InChI=1S/C19H21N5O3S/c1-14-13-16(23-15(2)25)6-7-18(14)28(26,27)22-10-12-24-11-9-21-19(24)17-5-3-4-8-20-17/h3-9,11,13,22H,10,12H2,1-2H3,(H,23,25). The fourth-order valence-corrected chi connectivity index (χ4v) is 4.07. The van der Waals surface area contributed by atoms with E-state index in [0.717, 1.165) is 5.69 Å². The Kier molecular flexibility index (Phi) is 5.86. The van der Waals surface area contributed by atoms with Crippen molar-refractivity contribution in [3.63, 3.8) is 0 Å². The van der Waals surface area contributed by atoms with Crippen LogP contribution in [0.5, 0.6) is 0 Å². The van der Waals surface area contributed by atoms with Gasteiger partial charge in [0.2, 0.25) is 15.9 Å². The van der Waals surface area contributed by atoms with Gasteiger partial charge in [0.1, 0.15) is 5.69 Å². The summed E-state index contributed by atoms with van der Waals surface area (Å²) in [7, 11) is -3.68. The summed E-state index contributed by atoms with van der Waals surface area (Å²) < 4.78 is 29.7. The maximum Gasteiger partial charge on any atom is 0.240 e. The predicted octanol–water partition coefficient (Wildman–Crippen LogP) is 2.19. The molecular formula is C19H21N5O3S. The van der Waals surface area contributed by atoms with Crippen molar-refractivity contribution in [2.24, 2.45) is 0 Å². The van der Waals surface area contributed by atoms with E-state index in [2.05, 4.69) is 20.0 Å². The monoisotopic (exact) mass is 399 g/mol. The second-order valence-corrected chi connectivity index (χ2v) is 7.95. The van der Waals surface area contributed by atoms with Gasteiger partial charge >= 0.3 is 0 Å². The largest absolute Gasteiger partial charge is 0.328 e. The molecule has 0 fully saturated rings. The third-order valence-corrected chi connectivity index (χ3v) is 5.66. The van der Waals surface area contributed by atoms with Crippen molar-refractivity contribution < 1.29 is 13.2 Å². The van der Waals surface area contributed by atoms with Crippen LogP contribution in [0.25, 0.3) is 11.5 Å². The van der Waals surface area contributed by atoms with Crippen molar-refractivity contribution in [1.29, 1.82) is 0 Å². The second-order valence-electron chi connectivity index (χ2n) is 6.22. The molecule has 0 atom stereocenters. The fourth-order valence-electron chi connectivity index (χ4n) is 2.83. The Hall–Kier alpha value is -3.04. The van der Waals surface area contributed by atoms with Crippen LogP contribution in [0.3, 0.4) is 0 Å². The first kappa shape index (κ1) is 19.7. The number of imidazole rings is 1. The smallest absolute Gasteiger partial charge is 0.240 e. The van der Waals surface area contributed by atoms with Crippen molar-refractivity contribution in [3.05, 3.63) is 60.6 Å². The van der Waals surface area contributed by atoms with Gasteiger partial charge in [0, 0.05) is 44.3 Å². The third kappa shape index (κ3) is 4.62. The van der Waals surface area contributed by atoms with Gasteiger partial charge in [-0.25, -0.2) is 18.1 Å². The molecule has 1 aromatic carbocycles. The van der Waals surface area contributed by atoms with Gasteiger partial charge in [-0.15, -0.1) is 0 Å². The molecule has 0 spiro atoms. The van der Waals surface area contributed by atoms with Crippen molar-refractivity contribution >= 4 is 21.6 Å². The summed E-state index contributed by atoms with van der Waals surface area (Å²) >= 11 is 0. The molecule has 2 aromatic heterocycles. The number of benzene rings is 1. The minimum absolute atomic E-state index is 0.178. The van der Waals surface area contributed by atoms with Gasteiger partial charge < -0.3 is 9.88 Å². The van der Waals surface area contributed by atoms with Crippen LogP contribution in [-0.4, -0.2) is 35.4 Å². The summed E-state index contributed by atoms with van der Waals surface area (Å²) in [5.41, 5.74) is 1.83. The molecular weight excluding hydrogens is 378 g/mol. The molecule has 28 heavy (non-hydrogen) atoms. The van der Waals surface area contributed by atoms with Crippen LogP contribution in [-0.2, 0) is 21.4 Å². The first-order chi connectivity index (χ1) is 13.4. The number of hydrogen-bond donors (Lipinski definition) is 2. The van der Waals surface area contributed by atoms with E-state index in [4.69, 9.17) is 0 Å². The summed E-state index contributed by atoms with van der Waals surface area (Å²) in [5.74, 6) is 0.466. The summed E-state index contributed by atoms with van der Waals surface area (Å²) in [5, 5.41) is 2.64. The van der Waals surface area contributed by atoms with Gasteiger partial charge in [0.05, 0.1) is 4.90 Å². The molecule has 0 unspecified atom stereocenters. The molecule has 9 heteroatoms. The van der Waals surface area contributed by atoms with Gasteiger partial charge in [0.15, 0.2) is 5.82 Å². The van der Waals surface area contributed by atoms with Crippen LogP contribution < -0.4 is 10.0 Å². The van der Waals surface area contributed by atoms with Gasteiger partial charge in [0.25, 0.3) is 0 Å². The van der Waals surface area contributed by atoms with E-state index in [1.165, 1.54) is 13.0 Å². The van der Waals surface area contributed by atoms with Crippen LogP contribution in [0.1, 0.15) is 12.5 Å². The average molecular weight is 399 g/mol. The first-order valence-electron chi connectivity index (χ1n) is 8.67. The molecule has 2 heterocycles. The average Bonchev–Trinajstić information content (AvgIpc) is 3.10. The number of pyridine rings is 1. The third-order valence-electron chi connectivity index (χ3n) is 4.04. The van der Waals surface area contributed by atoms with Crippen molar-refractivity contribution in [1.82, 2.24) is 19.3 Å². The van der Waals surface area contributed by atoms with E-state index in [0.29, 0.717) is 23.6 Å². The molecule has 1 amide bonds. The molecule has 0 aliphatic rings. The number of carbonyl (C=O) groups excluding carboxylic acids is 1. The number of rotatable bonds is 7. The number of aryl methyl sites for hydroxylation is 1. The number of nitrogens with one attached hydrogen (secondary N) is 2. The van der Waals surface area contributed by atoms with Gasteiger partial charge in [-0.3, -0.25) is 9.78 Å². The molecule has 0 saturated heterocycles. The molecule has 0 bridgehead atoms. The number of nitrogens with zero attached hydrogens (tertiary/aromatic N) is 3. The Morgan fingerprint density at radius 1 is 1.14 bits per heavy atom. The van der Waals surface area contributed by atoms with E-state index in [9.17, 15) is 13.2 Å². The van der Waals surface area contributed by atoms with E-state index < -0.39 is 10.0 Å². The Labute approximate surface area is 163 Å². The van der Waals surface area contributed by atoms with E-state index in [-0.39, 0.29) is 17.3 Å². The van der Waals surface area contributed by atoms with Gasteiger partial charge in [-0.1, -0.05) is 6.07 Å². The van der Waals surface area contributed by atoms with E-state index >= 15 is 0 Å². The predicted molar refractivity (Wildman–Crippen MR) is 106 cm³/mol. The highest BCUT2D eigenvalue weighted by Crippen LogP contribution is 2.20. The molecule has 146 valence electrons. The number of hydrogen-bond acceptors (Lipinski definition) is 5. The molecule has 2 N–H and O–H groups in total. The lowest BCUT2D eigenvalue weighted by molar-refractivity contribution is -0.114. The van der Waals surface area contributed by atoms with Gasteiger partial charge in [-0.2, -0.15) is 0 Å². The second kappa shape index (κ2) is 8.32. The molecule has 0 saturated carbocycles. The van der Waals surface area contributed by atoms with Crippen LogP contribution in [0.15, 0.2) is 59.9 Å². The number of amides is 1. The maximum absolute atomic E-state index is 12.6. The summed E-state index contributed by atoms with van der Waals surface area (Å²) in [6, 6.07) is 10.2. The Morgan fingerprint density at radius 3 is 2.64 bits per heavy atom. The zero-order chi connectivity index (χ0) is 20.1. The van der Waals surface area contributed by atoms with Crippen LogP contribution in [0.2, 0.25) is 0 Å². The molecule has 0 aliphatic heterocycles. The SMILES string of the molecule is CC(=O)Nc1ccc(S(=O)(=O)NCCn2ccnc2-c2ccccn2)c(C)c1. The maximum atomic E-state index is 12.6. The zero-order valence-corrected chi connectivity index (χ0v) is 16.4. The van der Waals surface area contributed by atoms with Crippen LogP contribution in [0.4, 0.5) is 5.69 Å². The molecule has 8 nitrogen and oxygen atoms in total. The Morgan fingerprint density at radius 2 is 1.96 bits per heavy atom. The van der Waals surface area contributed by atoms with Crippen molar-refractivity contribution in [2.45, 2.75) is 25.3 Å². The molecule has 3 aromatic rings. The zero-order valence-electron chi connectivity index (χ0n) is 15.6. The van der Waals surface area contributed by atoms with E-state index in [1.807, 2.05) is 22.8 Å².